The fraction of sp³-hybridized carbons (Fsp3) is 0.0769. The molecule has 2 aromatic rings. The molecule has 1 N–H and O–H groups in total. The average Bonchev–Trinajstić information content (AvgIpc) is 2.91. The van der Waals surface area contributed by atoms with Gasteiger partial charge < -0.3 is 4.42 Å². The van der Waals surface area contributed by atoms with Gasteiger partial charge in [0.05, 0.1) is 10.6 Å². The highest BCUT2D eigenvalue weighted by atomic mass is 79.9. The van der Waals surface area contributed by atoms with Crippen molar-refractivity contribution in [3.63, 3.8) is 0 Å². The van der Waals surface area contributed by atoms with E-state index in [2.05, 4.69) is 26.5 Å². The number of benzene rings is 1. The van der Waals surface area contributed by atoms with Gasteiger partial charge in [-0.05, 0) is 35.0 Å². The second-order valence-electron chi connectivity index (χ2n) is 4.05. The monoisotopic (exact) mass is 351 g/mol. The molecule has 0 atom stereocenters. The van der Waals surface area contributed by atoms with Crippen molar-refractivity contribution in [2.45, 2.75) is 6.92 Å². The summed E-state index contributed by atoms with van der Waals surface area (Å²) in [5.41, 5.74) is 3.27. The van der Waals surface area contributed by atoms with Crippen LogP contribution in [-0.2, 0) is 0 Å². The zero-order chi connectivity index (χ0) is 15.4. The first-order chi connectivity index (χ1) is 9.97. The summed E-state index contributed by atoms with van der Waals surface area (Å²) in [5, 5.41) is 14.6. The Labute approximate surface area is 127 Å². The van der Waals surface area contributed by atoms with Crippen LogP contribution in [0.15, 0.2) is 50.6 Å². The van der Waals surface area contributed by atoms with Crippen molar-refractivity contribution in [2.24, 2.45) is 5.10 Å². The first-order valence-electron chi connectivity index (χ1n) is 5.82. The van der Waals surface area contributed by atoms with Gasteiger partial charge in [0.25, 0.3) is 5.69 Å². The smallest absolute Gasteiger partial charge is 0.307 e. The molecule has 0 aliphatic rings. The first-order valence-corrected chi connectivity index (χ1v) is 6.61. The minimum absolute atomic E-state index is 0.0386. The first kappa shape index (κ1) is 14.9. The van der Waals surface area contributed by atoms with E-state index in [-0.39, 0.29) is 11.4 Å². The number of hydrogen-bond donors (Lipinski definition) is 1. The van der Waals surface area contributed by atoms with Gasteiger partial charge in [0.1, 0.15) is 0 Å². The maximum atomic E-state index is 11.7. The zero-order valence-corrected chi connectivity index (χ0v) is 12.5. The number of carbonyl (C=O) groups is 1. The van der Waals surface area contributed by atoms with Crippen LogP contribution in [-0.4, -0.2) is 16.5 Å². The van der Waals surface area contributed by atoms with Crippen LogP contribution >= 0.6 is 15.9 Å². The van der Waals surface area contributed by atoms with Gasteiger partial charge in [0.2, 0.25) is 0 Å². The number of rotatable bonds is 4. The van der Waals surface area contributed by atoms with Crippen LogP contribution in [0.1, 0.15) is 23.0 Å². The molecule has 1 aromatic heterocycles. The molecule has 108 valence electrons. The van der Waals surface area contributed by atoms with Crippen molar-refractivity contribution in [3.8, 4) is 0 Å². The number of nitrogens with zero attached hydrogens (tertiary/aromatic N) is 2. The molecule has 0 aliphatic carbocycles. The molecular formula is C13H10BrN3O4. The van der Waals surface area contributed by atoms with Crippen molar-refractivity contribution >= 4 is 33.2 Å². The fourth-order valence-electron chi connectivity index (χ4n) is 1.54. The van der Waals surface area contributed by atoms with Crippen LogP contribution in [0.5, 0.6) is 0 Å². The molecule has 0 saturated heterocycles. The summed E-state index contributed by atoms with van der Waals surface area (Å²) in [6, 6.07) is 9.08. The molecule has 0 unspecified atom stereocenters. The molecule has 1 amide bonds. The van der Waals surface area contributed by atoms with Gasteiger partial charge in [-0.3, -0.25) is 14.9 Å². The molecule has 2 rings (SSSR count). The molecular weight excluding hydrogens is 342 g/mol. The molecule has 1 aromatic carbocycles. The molecule has 0 aliphatic heterocycles. The van der Waals surface area contributed by atoms with Gasteiger partial charge in [0, 0.05) is 17.7 Å². The number of carbonyl (C=O) groups excluding carboxylic acids is 1. The molecule has 7 nitrogen and oxygen atoms in total. The van der Waals surface area contributed by atoms with Crippen LogP contribution in [0.4, 0.5) is 5.69 Å². The number of nitro groups is 1. The highest BCUT2D eigenvalue weighted by Crippen LogP contribution is 2.15. The van der Waals surface area contributed by atoms with E-state index < -0.39 is 10.8 Å². The molecule has 0 bridgehead atoms. The van der Waals surface area contributed by atoms with E-state index in [1.807, 2.05) is 0 Å². The second-order valence-corrected chi connectivity index (χ2v) is 4.83. The van der Waals surface area contributed by atoms with E-state index in [1.165, 1.54) is 18.2 Å². The number of non-ortho nitro benzene ring substituents is 1. The van der Waals surface area contributed by atoms with E-state index >= 15 is 0 Å². The number of nitrogens with one attached hydrogen (secondary N) is 1. The third-order valence-corrected chi connectivity index (χ3v) is 3.02. The van der Waals surface area contributed by atoms with Crippen LogP contribution in [0.3, 0.4) is 0 Å². The number of furan rings is 1. The molecule has 21 heavy (non-hydrogen) atoms. The minimum Gasteiger partial charge on any atom is -0.444 e. The van der Waals surface area contributed by atoms with Gasteiger partial charge in [-0.25, -0.2) is 5.43 Å². The zero-order valence-electron chi connectivity index (χ0n) is 10.9. The van der Waals surface area contributed by atoms with E-state index in [9.17, 15) is 14.9 Å². The van der Waals surface area contributed by atoms with E-state index in [0.29, 0.717) is 15.9 Å². The normalized spacial score (nSPS) is 11.2. The summed E-state index contributed by atoms with van der Waals surface area (Å²) in [5.74, 6) is -0.400. The lowest BCUT2D eigenvalue weighted by atomic mass is 10.1. The molecule has 0 fully saturated rings. The van der Waals surface area contributed by atoms with E-state index in [4.69, 9.17) is 4.42 Å². The summed E-state index contributed by atoms with van der Waals surface area (Å²) in [7, 11) is 0. The van der Waals surface area contributed by atoms with Gasteiger partial charge in [0.15, 0.2) is 10.4 Å². The standard InChI is InChI=1S/C13H10BrN3O4/c1-8(9-3-2-4-10(7-9)17(19)20)15-16-13(18)11-5-6-12(14)21-11/h2-7H,1H3,(H,16,18)/b15-8+. The lowest BCUT2D eigenvalue weighted by Crippen LogP contribution is -2.18. The molecule has 0 spiro atoms. The van der Waals surface area contributed by atoms with Crippen molar-refractivity contribution < 1.29 is 14.1 Å². The van der Waals surface area contributed by atoms with E-state index in [1.54, 1.807) is 25.1 Å². The summed E-state index contributed by atoms with van der Waals surface area (Å²) in [6.45, 7) is 1.64. The predicted octanol–water partition coefficient (Wildman–Crippen LogP) is 3.10. The molecule has 8 heteroatoms. The maximum Gasteiger partial charge on any atom is 0.307 e. The number of amides is 1. The van der Waals surface area contributed by atoms with Crippen molar-refractivity contribution in [1.29, 1.82) is 0 Å². The summed E-state index contributed by atoms with van der Waals surface area (Å²) in [4.78, 5) is 21.9. The number of nitro benzene ring substituents is 1. The molecule has 0 radical (unpaired) electrons. The largest absolute Gasteiger partial charge is 0.444 e. The van der Waals surface area contributed by atoms with Gasteiger partial charge in [-0.15, -0.1) is 0 Å². The highest BCUT2D eigenvalue weighted by Gasteiger charge is 2.11. The van der Waals surface area contributed by atoms with Crippen molar-refractivity contribution in [3.05, 3.63) is 62.5 Å². The third-order valence-electron chi connectivity index (χ3n) is 2.60. The Hall–Kier alpha value is -2.48. The second kappa shape index (κ2) is 6.31. The number of halogens is 1. The lowest BCUT2D eigenvalue weighted by Gasteiger charge is -2.01. The van der Waals surface area contributed by atoms with Crippen LogP contribution < -0.4 is 5.43 Å². The van der Waals surface area contributed by atoms with Gasteiger partial charge in [-0.1, -0.05) is 12.1 Å². The summed E-state index contributed by atoms with van der Waals surface area (Å²) in [6.07, 6.45) is 0. The average molecular weight is 352 g/mol. The van der Waals surface area contributed by atoms with Gasteiger partial charge >= 0.3 is 5.91 Å². The van der Waals surface area contributed by atoms with Crippen molar-refractivity contribution in [1.82, 2.24) is 5.43 Å². The van der Waals surface area contributed by atoms with Crippen LogP contribution in [0, 0.1) is 10.1 Å². The highest BCUT2D eigenvalue weighted by molar-refractivity contribution is 9.10. The Morgan fingerprint density at radius 2 is 2.14 bits per heavy atom. The Morgan fingerprint density at radius 3 is 2.76 bits per heavy atom. The maximum absolute atomic E-state index is 11.7. The Morgan fingerprint density at radius 1 is 1.38 bits per heavy atom. The minimum atomic E-state index is -0.509. The SMILES string of the molecule is C/C(=N\NC(=O)c1ccc(Br)o1)c1cccc([N+](=O)[O-])c1. The third kappa shape index (κ3) is 3.76. The van der Waals surface area contributed by atoms with Crippen LogP contribution in [0.2, 0.25) is 0 Å². The predicted molar refractivity (Wildman–Crippen MR) is 79.2 cm³/mol. The van der Waals surface area contributed by atoms with Crippen molar-refractivity contribution in [2.75, 3.05) is 0 Å². The summed E-state index contributed by atoms with van der Waals surface area (Å²) < 4.78 is 5.52. The quantitative estimate of drug-likeness (QED) is 0.519. The molecule has 1 heterocycles. The molecule has 0 saturated carbocycles. The number of hydrogen-bond acceptors (Lipinski definition) is 5. The summed E-state index contributed by atoms with van der Waals surface area (Å²) >= 11 is 3.09. The Bertz CT molecular complexity index is 724. The fourth-order valence-corrected chi connectivity index (χ4v) is 1.84. The number of hydrazone groups is 1. The lowest BCUT2D eigenvalue weighted by molar-refractivity contribution is -0.384. The van der Waals surface area contributed by atoms with Crippen LogP contribution in [0.25, 0.3) is 0 Å². The Kier molecular flexibility index (Phi) is 4.49. The topological polar surface area (TPSA) is 97.7 Å². The van der Waals surface area contributed by atoms with Gasteiger partial charge in [-0.2, -0.15) is 5.10 Å². The van der Waals surface area contributed by atoms with E-state index in [0.717, 1.165) is 0 Å². The Balaban J connectivity index is 2.12.